The van der Waals surface area contributed by atoms with Gasteiger partial charge in [0.05, 0.1) is 28.7 Å². The topological polar surface area (TPSA) is 115 Å². The molecule has 1 heterocycles. The second kappa shape index (κ2) is 7.22. The summed E-state index contributed by atoms with van der Waals surface area (Å²) in [6.07, 6.45) is 1.30. The Kier molecular flexibility index (Phi) is 4.49. The molecule has 1 unspecified atom stereocenters. The number of carboxylic acids is 1. The molecule has 3 N–H and O–H groups in total. The molecule has 0 radical (unpaired) electrons. The van der Waals surface area contributed by atoms with Crippen LogP contribution < -0.4 is 10.6 Å². The van der Waals surface area contributed by atoms with Crippen LogP contribution in [0.1, 0.15) is 18.4 Å². The lowest BCUT2D eigenvalue weighted by Crippen LogP contribution is -2.69. The maximum Gasteiger partial charge on any atom is 0.307 e. The number of amides is 1. The third-order valence-corrected chi connectivity index (χ3v) is 6.98. The number of carboxylic acid groups (broad SMARTS) is 1. The zero-order valence-corrected chi connectivity index (χ0v) is 17.1. The monoisotopic (exact) mass is 430 g/mol. The molecule has 8 heteroatoms. The van der Waals surface area contributed by atoms with Crippen molar-refractivity contribution in [3.8, 4) is 17.3 Å². The molecule has 1 aromatic heterocycles. The minimum absolute atomic E-state index is 0.140. The molecule has 2 bridgehead atoms. The van der Waals surface area contributed by atoms with Crippen LogP contribution in [0.3, 0.4) is 0 Å². The van der Waals surface area contributed by atoms with Gasteiger partial charge in [0.1, 0.15) is 0 Å². The largest absolute Gasteiger partial charge is 0.481 e. The lowest BCUT2D eigenvalue weighted by atomic mass is 9.37. The summed E-state index contributed by atoms with van der Waals surface area (Å²) in [4.78, 5) is 28.6. The number of benzene rings is 2. The molecule has 3 saturated carbocycles. The van der Waals surface area contributed by atoms with Crippen LogP contribution in [-0.2, 0) is 9.59 Å². The molecule has 154 valence electrons. The van der Waals surface area contributed by atoms with Crippen molar-refractivity contribution < 1.29 is 14.7 Å². The molecule has 31 heavy (non-hydrogen) atoms. The summed E-state index contributed by atoms with van der Waals surface area (Å²) in [5.74, 6) is -1.54. The molecular formula is C23H18N4O3S. The van der Waals surface area contributed by atoms with Gasteiger partial charge in [-0.05, 0) is 55.2 Å². The number of nitrogens with zero attached hydrogens (tertiary/aromatic N) is 2. The van der Waals surface area contributed by atoms with Gasteiger partial charge in [-0.15, -0.1) is 11.3 Å². The molecule has 3 aliphatic rings. The number of hydrogen-bond donors (Lipinski definition) is 3. The lowest BCUT2D eigenvalue weighted by Gasteiger charge is -2.64. The quantitative estimate of drug-likeness (QED) is 0.531. The number of aromatic nitrogens is 1. The Morgan fingerprint density at radius 1 is 1.16 bits per heavy atom. The first-order valence-electron chi connectivity index (χ1n) is 9.86. The number of nitrogens with one attached hydrogen (secondary N) is 2. The molecule has 3 fully saturated rings. The molecule has 3 aromatic rings. The van der Waals surface area contributed by atoms with E-state index >= 15 is 0 Å². The Balaban J connectivity index is 1.28. The normalized spacial score (nSPS) is 23.1. The highest BCUT2D eigenvalue weighted by Gasteiger charge is 2.72. The van der Waals surface area contributed by atoms with E-state index in [0.717, 1.165) is 22.6 Å². The highest BCUT2D eigenvalue weighted by atomic mass is 32.1. The Morgan fingerprint density at radius 3 is 2.58 bits per heavy atom. The van der Waals surface area contributed by atoms with E-state index in [1.807, 2.05) is 41.8 Å². The van der Waals surface area contributed by atoms with Gasteiger partial charge in [0.2, 0.25) is 5.91 Å². The van der Waals surface area contributed by atoms with Crippen molar-refractivity contribution in [1.29, 1.82) is 5.26 Å². The van der Waals surface area contributed by atoms with Crippen molar-refractivity contribution in [3.05, 3.63) is 59.5 Å². The van der Waals surface area contributed by atoms with Crippen molar-refractivity contribution in [2.75, 3.05) is 10.6 Å². The first-order valence-corrected chi connectivity index (χ1v) is 10.7. The number of anilines is 3. The summed E-state index contributed by atoms with van der Waals surface area (Å²) in [6.45, 7) is 0. The zero-order valence-electron chi connectivity index (χ0n) is 16.3. The molecule has 6 rings (SSSR count). The standard InChI is InChI=1S/C23H18N4O3S/c24-11-13-4-6-16(7-5-13)25-17-3-1-2-14(8-17)18-12-31-22(26-18)27-21(30)23-9-15(10-23)19(23)20(28)29/h1-8,12,15,19,25H,9-10H2,(H,28,29)(H,26,27,30). The molecule has 0 aliphatic heterocycles. The van der Waals surface area contributed by atoms with E-state index in [0.29, 0.717) is 23.5 Å². The molecular weight excluding hydrogens is 412 g/mol. The van der Waals surface area contributed by atoms with Crippen molar-refractivity contribution in [2.45, 2.75) is 12.8 Å². The van der Waals surface area contributed by atoms with Crippen molar-refractivity contribution in [2.24, 2.45) is 17.3 Å². The molecule has 2 aromatic carbocycles. The zero-order chi connectivity index (χ0) is 21.6. The molecule has 1 amide bonds. The molecule has 0 saturated heterocycles. The number of thiazole rings is 1. The van der Waals surface area contributed by atoms with E-state index in [4.69, 9.17) is 5.26 Å². The van der Waals surface area contributed by atoms with Crippen LogP contribution in [0.5, 0.6) is 0 Å². The average molecular weight is 430 g/mol. The summed E-state index contributed by atoms with van der Waals surface area (Å²) in [5, 5.41) is 26.7. The van der Waals surface area contributed by atoms with Crippen LogP contribution in [0.15, 0.2) is 53.9 Å². The highest BCUT2D eigenvalue weighted by molar-refractivity contribution is 7.14. The predicted octanol–water partition coefficient (Wildman–Crippen LogP) is 4.47. The first kappa shape index (κ1) is 19.3. The van der Waals surface area contributed by atoms with E-state index in [1.54, 1.807) is 12.1 Å². The van der Waals surface area contributed by atoms with Gasteiger partial charge >= 0.3 is 5.97 Å². The minimum Gasteiger partial charge on any atom is -0.481 e. The van der Waals surface area contributed by atoms with Gasteiger partial charge in [-0.2, -0.15) is 5.26 Å². The molecule has 0 spiro atoms. The number of carbonyl (C=O) groups is 2. The van der Waals surface area contributed by atoms with Crippen molar-refractivity contribution in [3.63, 3.8) is 0 Å². The van der Waals surface area contributed by atoms with Gasteiger partial charge in [0, 0.05) is 22.3 Å². The SMILES string of the molecule is N#Cc1ccc(Nc2cccc(-c3csc(NC(=O)C45CC(C4)C5C(=O)O)n3)c2)cc1. The number of rotatable bonds is 6. The van der Waals surface area contributed by atoms with Gasteiger partial charge in [-0.3, -0.25) is 9.59 Å². The fourth-order valence-electron chi connectivity index (χ4n) is 4.50. The first-order chi connectivity index (χ1) is 15.0. The van der Waals surface area contributed by atoms with Crippen molar-refractivity contribution in [1.82, 2.24) is 4.98 Å². The maximum atomic E-state index is 12.7. The van der Waals surface area contributed by atoms with Gasteiger partial charge in [0.15, 0.2) is 5.13 Å². The van der Waals surface area contributed by atoms with Crippen LogP contribution >= 0.6 is 11.3 Å². The third-order valence-electron chi connectivity index (χ3n) is 6.22. The van der Waals surface area contributed by atoms with E-state index in [2.05, 4.69) is 21.7 Å². The summed E-state index contributed by atoms with van der Waals surface area (Å²) in [7, 11) is 0. The summed E-state index contributed by atoms with van der Waals surface area (Å²) >= 11 is 1.32. The van der Waals surface area contributed by atoms with Crippen LogP contribution in [-0.4, -0.2) is 22.0 Å². The van der Waals surface area contributed by atoms with E-state index in [9.17, 15) is 14.7 Å². The Morgan fingerprint density at radius 2 is 1.94 bits per heavy atom. The van der Waals surface area contributed by atoms with E-state index in [-0.39, 0.29) is 11.8 Å². The summed E-state index contributed by atoms with van der Waals surface area (Å²) in [5.41, 5.74) is 3.21. The number of hydrogen-bond acceptors (Lipinski definition) is 6. The molecule has 7 nitrogen and oxygen atoms in total. The van der Waals surface area contributed by atoms with Crippen LogP contribution in [0.4, 0.5) is 16.5 Å². The molecule has 3 aliphatic carbocycles. The second-order valence-electron chi connectivity index (χ2n) is 8.03. The summed E-state index contributed by atoms with van der Waals surface area (Å²) in [6, 6.07) is 17.0. The Labute approximate surface area is 182 Å². The van der Waals surface area contributed by atoms with Crippen molar-refractivity contribution >= 4 is 39.7 Å². The predicted molar refractivity (Wildman–Crippen MR) is 117 cm³/mol. The van der Waals surface area contributed by atoms with Gasteiger partial charge in [-0.1, -0.05) is 12.1 Å². The van der Waals surface area contributed by atoms with E-state index < -0.39 is 17.3 Å². The van der Waals surface area contributed by atoms with E-state index in [1.165, 1.54) is 11.3 Å². The highest BCUT2D eigenvalue weighted by Crippen LogP contribution is 2.69. The Hall–Kier alpha value is -3.70. The summed E-state index contributed by atoms with van der Waals surface area (Å²) < 4.78 is 0. The average Bonchev–Trinajstić information content (AvgIpc) is 3.15. The number of aliphatic carboxylic acids is 1. The third kappa shape index (κ3) is 3.23. The minimum atomic E-state index is -0.885. The maximum absolute atomic E-state index is 12.7. The van der Waals surface area contributed by atoms with Gasteiger partial charge in [0.25, 0.3) is 0 Å². The fraction of sp³-hybridized carbons (Fsp3) is 0.217. The van der Waals surface area contributed by atoms with Crippen LogP contribution in [0, 0.1) is 28.6 Å². The van der Waals surface area contributed by atoms with Crippen LogP contribution in [0.25, 0.3) is 11.3 Å². The lowest BCUT2D eigenvalue weighted by molar-refractivity contribution is -0.209. The van der Waals surface area contributed by atoms with Gasteiger partial charge < -0.3 is 15.7 Å². The smallest absolute Gasteiger partial charge is 0.307 e. The molecule has 1 atom stereocenters. The van der Waals surface area contributed by atoms with Gasteiger partial charge in [-0.25, -0.2) is 4.98 Å². The number of carbonyl (C=O) groups excluding carboxylic acids is 1. The van der Waals surface area contributed by atoms with Crippen LogP contribution in [0.2, 0.25) is 0 Å². The Bertz CT molecular complexity index is 1220. The fourth-order valence-corrected chi connectivity index (χ4v) is 5.21. The number of nitriles is 1. The second-order valence-corrected chi connectivity index (χ2v) is 8.89.